The zero-order valence-corrected chi connectivity index (χ0v) is 17.6. The molecule has 2 aromatic rings. The van der Waals surface area contributed by atoms with E-state index in [4.69, 9.17) is 9.47 Å². The Bertz CT molecular complexity index is 861. The minimum atomic E-state index is -0.626. The Labute approximate surface area is 176 Å². The van der Waals surface area contributed by atoms with Gasteiger partial charge in [0.15, 0.2) is 0 Å². The van der Waals surface area contributed by atoms with Crippen molar-refractivity contribution in [1.82, 2.24) is 5.32 Å². The maximum absolute atomic E-state index is 13.1. The molecule has 0 aromatic heterocycles. The summed E-state index contributed by atoms with van der Waals surface area (Å²) in [6.07, 6.45) is 0.461. The van der Waals surface area contributed by atoms with Crippen molar-refractivity contribution in [2.75, 3.05) is 0 Å². The highest BCUT2D eigenvalue weighted by Gasteiger charge is 2.40. The standard InChI is InChI=1S/C24H28FNO4/c1-24(2,3)30-23(28)26-20(14-16-7-5-4-6-8-16)21-15-18(22(27)29-21)13-17-9-11-19(25)12-10-17/h4-12,18,20-21H,13-15H2,1-3H3,(H,26,28)/t18-,20+,21+/m1/s1. The lowest BCUT2D eigenvalue weighted by Gasteiger charge is -2.26. The summed E-state index contributed by atoms with van der Waals surface area (Å²) in [5.74, 6) is -0.942. The molecule has 6 heteroatoms. The smallest absolute Gasteiger partial charge is 0.408 e. The lowest BCUT2D eigenvalue weighted by molar-refractivity contribution is -0.145. The van der Waals surface area contributed by atoms with E-state index in [9.17, 15) is 14.0 Å². The first-order valence-electron chi connectivity index (χ1n) is 10.2. The number of benzene rings is 2. The number of esters is 1. The Morgan fingerprint density at radius 3 is 2.43 bits per heavy atom. The first-order chi connectivity index (χ1) is 14.2. The van der Waals surface area contributed by atoms with Crippen LogP contribution in [0.1, 0.15) is 38.3 Å². The molecule has 1 aliphatic heterocycles. The number of hydrogen-bond donors (Lipinski definition) is 1. The van der Waals surface area contributed by atoms with Crippen molar-refractivity contribution < 1.29 is 23.5 Å². The van der Waals surface area contributed by atoms with Crippen molar-refractivity contribution in [2.24, 2.45) is 5.92 Å². The summed E-state index contributed by atoms with van der Waals surface area (Å²) >= 11 is 0. The Kier molecular flexibility index (Phi) is 6.75. The second kappa shape index (κ2) is 9.28. The number of rotatable bonds is 6. The van der Waals surface area contributed by atoms with Gasteiger partial charge in [0.25, 0.3) is 0 Å². The van der Waals surface area contributed by atoms with Crippen LogP contribution in [0.15, 0.2) is 54.6 Å². The van der Waals surface area contributed by atoms with Gasteiger partial charge in [-0.15, -0.1) is 0 Å². The first-order valence-corrected chi connectivity index (χ1v) is 10.2. The Hall–Kier alpha value is -2.89. The number of amides is 1. The van der Waals surface area contributed by atoms with Gasteiger partial charge in [0.2, 0.25) is 0 Å². The number of carbonyl (C=O) groups excluding carboxylic acids is 2. The lowest BCUT2D eigenvalue weighted by atomic mass is 9.92. The van der Waals surface area contributed by atoms with E-state index in [0.29, 0.717) is 19.3 Å². The van der Waals surface area contributed by atoms with Crippen LogP contribution in [0.5, 0.6) is 0 Å². The van der Waals surface area contributed by atoms with Crippen LogP contribution >= 0.6 is 0 Å². The Morgan fingerprint density at radius 1 is 1.13 bits per heavy atom. The van der Waals surface area contributed by atoms with Gasteiger partial charge >= 0.3 is 12.1 Å². The quantitative estimate of drug-likeness (QED) is 0.712. The molecule has 30 heavy (non-hydrogen) atoms. The first kappa shape index (κ1) is 21.8. The number of nitrogens with one attached hydrogen (secondary N) is 1. The summed E-state index contributed by atoms with van der Waals surface area (Å²) in [5.41, 5.74) is 1.27. The van der Waals surface area contributed by atoms with E-state index in [-0.39, 0.29) is 17.7 Å². The molecule has 0 unspecified atom stereocenters. The van der Waals surface area contributed by atoms with Crippen molar-refractivity contribution in [2.45, 2.75) is 57.8 Å². The van der Waals surface area contributed by atoms with Crippen LogP contribution in [0.2, 0.25) is 0 Å². The molecule has 1 amide bonds. The number of alkyl carbamates (subject to hydrolysis) is 1. The number of ether oxygens (including phenoxy) is 2. The fraction of sp³-hybridized carbons (Fsp3) is 0.417. The summed E-state index contributed by atoms with van der Waals surface area (Å²) in [6, 6.07) is 15.4. The molecule has 0 spiro atoms. The Morgan fingerprint density at radius 2 is 1.80 bits per heavy atom. The molecule has 160 valence electrons. The molecule has 1 aliphatic rings. The van der Waals surface area contributed by atoms with Crippen LogP contribution in [-0.2, 0) is 27.1 Å². The minimum Gasteiger partial charge on any atom is -0.460 e. The number of cyclic esters (lactones) is 1. The van der Waals surface area contributed by atoms with Crippen LogP contribution < -0.4 is 5.32 Å². The molecule has 0 saturated carbocycles. The van der Waals surface area contributed by atoms with Crippen molar-refractivity contribution in [3.05, 3.63) is 71.5 Å². The highest BCUT2D eigenvalue weighted by Crippen LogP contribution is 2.28. The van der Waals surface area contributed by atoms with E-state index in [1.54, 1.807) is 32.9 Å². The predicted molar refractivity (Wildman–Crippen MR) is 111 cm³/mol. The van der Waals surface area contributed by atoms with E-state index < -0.39 is 23.8 Å². The average molecular weight is 413 g/mol. The number of halogens is 1. The molecule has 2 aromatic carbocycles. The third-order valence-corrected chi connectivity index (χ3v) is 4.96. The van der Waals surface area contributed by atoms with Crippen molar-refractivity contribution in [1.29, 1.82) is 0 Å². The highest BCUT2D eigenvalue weighted by molar-refractivity contribution is 5.75. The monoisotopic (exact) mass is 413 g/mol. The number of carbonyl (C=O) groups is 2. The molecule has 5 nitrogen and oxygen atoms in total. The summed E-state index contributed by atoms with van der Waals surface area (Å²) in [4.78, 5) is 24.9. The van der Waals surface area contributed by atoms with Gasteiger partial charge < -0.3 is 14.8 Å². The van der Waals surface area contributed by atoms with E-state index in [0.717, 1.165) is 11.1 Å². The topological polar surface area (TPSA) is 64.6 Å². The van der Waals surface area contributed by atoms with Crippen LogP contribution in [0.4, 0.5) is 9.18 Å². The lowest BCUT2D eigenvalue weighted by Crippen LogP contribution is -2.46. The zero-order chi connectivity index (χ0) is 21.7. The van der Waals surface area contributed by atoms with E-state index in [1.807, 2.05) is 30.3 Å². The maximum atomic E-state index is 13.1. The Balaban J connectivity index is 1.71. The fourth-order valence-electron chi connectivity index (χ4n) is 3.59. The molecule has 3 atom stereocenters. The van der Waals surface area contributed by atoms with Crippen molar-refractivity contribution in [3.8, 4) is 0 Å². The molecule has 1 heterocycles. The summed E-state index contributed by atoms with van der Waals surface area (Å²) in [7, 11) is 0. The molecule has 1 fully saturated rings. The fourth-order valence-corrected chi connectivity index (χ4v) is 3.59. The van der Waals surface area contributed by atoms with Crippen molar-refractivity contribution >= 4 is 12.1 Å². The van der Waals surface area contributed by atoms with E-state index >= 15 is 0 Å². The highest BCUT2D eigenvalue weighted by atomic mass is 19.1. The zero-order valence-electron chi connectivity index (χ0n) is 17.6. The molecule has 1 N–H and O–H groups in total. The molecular weight excluding hydrogens is 385 g/mol. The maximum Gasteiger partial charge on any atom is 0.408 e. The molecule has 0 bridgehead atoms. The molecular formula is C24H28FNO4. The van der Waals surface area contributed by atoms with Gasteiger partial charge in [-0.05, 0) is 56.9 Å². The van der Waals surface area contributed by atoms with Crippen LogP contribution in [0.3, 0.4) is 0 Å². The molecule has 3 rings (SSSR count). The van der Waals surface area contributed by atoms with Crippen molar-refractivity contribution in [3.63, 3.8) is 0 Å². The van der Waals surface area contributed by atoms with Gasteiger partial charge in [0, 0.05) is 6.42 Å². The van der Waals surface area contributed by atoms with E-state index in [2.05, 4.69) is 5.32 Å². The summed E-state index contributed by atoms with van der Waals surface area (Å²) in [5, 5.41) is 2.89. The minimum absolute atomic E-state index is 0.298. The van der Waals surface area contributed by atoms with Gasteiger partial charge in [0.05, 0.1) is 12.0 Å². The largest absolute Gasteiger partial charge is 0.460 e. The normalized spacial score (nSPS) is 19.8. The predicted octanol–water partition coefficient (Wildman–Crippen LogP) is 4.44. The SMILES string of the molecule is CC(C)(C)OC(=O)N[C@@H](Cc1ccccc1)[C@@H]1C[C@@H](Cc2ccc(F)cc2)C(=O)O1. The molecule has 1 saturated heterocycles. The third-order valence-electron chi connectivity index (χ3n) is 4.96. The molecule has 0 aliphatic carbocycles. The second-order valence-corrected chi connectivity index (χ2v) is 8.68. The average Bonchev–Trinajstić information content (AvgIpc) is 3.03. The van der Waals surface area contributed by atoms with Gasteiger partial charge in [0.1, 0.15) is 17.5 Å². The van der Waals surface area contributed by atoms with Crippen LogP contribution in [0.25, 0.3) is 0 Å². The van der Waals surface area contributed by atoms with E-state index in [1.165, 1.54) is 12.1 Å². The summed E-state index contributed by atoms with van der Waals surface area (Å²) < 4.78 is 24.2. The van der Waals surface area contributed by atoms with Gasteiger partial charge in [-0.2, -0.15) is 0 Å². The summed E-state index contributed by atoms with van der Waals surface area (Å²) in [6.45, 7) is 5.40. The second-order valence-electron chi connectivity index (χ2n) is 8.68. The third kappa shape index (κ3) is 6.31. The molecule has 0 radical (unpaired) electrons. The van der Waals surface area contributed by atoms with Gasteiger partial charge in [-0.3, -0.25) is 4.79 Å². The van der Waals surface area contributed by atoms with Crippen LogP contribution in [-0.4, -0.2) is 29.8 Å². The number of hydrogen-bond acceptors (Lipinski definition) is 4. The van der Waals surface area contributed by atoms with Crippen LogP contribution in [0, 0.1) is 11.7 Å². The van der Waals surface area contributed by atoms with Gasteiger partial charge in [-0.1, -0.05) is 42.5 Å². The van der Waals surface area contributed by atoms with Gasteiger partial charge in [-0.25, -0.2) is 9.18 Å².